The highest BCUT2D eigenvalue weighted by atomic mass is 32.2. The molecule has 1 nitrogen and oxygen atoms in total. The third-order valence-electron chi connectivity index (χ3n) is 3.20. The van der Waals surface area contributed by atoms with Crippen molar-refractivity contribution in [3.05, 3.63) is 0 Å². The lowest BCUT2D eigenvalue weighted by Crippen LogP contribution is -2.17. The molecule has 0 spiro atoms. The molecule has 2 aliphatic rings. The largest absolute Gasteiger partial charge is 0.287 e. The molecule has 1 heterocycles. The molecule has 2 rings (SSSR count). The predicted molar refractivity (Wildman–Crippen MR) is 52.1 cm³/mol. The van der Waals surface area contributed by atoms with Crippen LogP contribution in [0.5, 0.6) is 0 Å². The SMILES string of the molecule is O=C1CC(C2CCCCC2)CS1. The van der Waals surface area contributed by atoms with E-state index in [0.717, 1.165) is 24.0 Å². The Morgan fingerprint density at radius 1 is 1.08 bits per heavy atom. The molecule has 0 aromatic rings. The van der Waals surface area contributed by atoms with Gasteiger partial charge in [0.25, 0.3) is 0 Å². The number of carbonyl (C=O) groups excluding carboxylic acids is 1. The third kappa shape index (κ3) is 1.85. The van der Waals surface area contributed by atoms with E-state index in [1.807, 2.05) is 0 Å². The highest BCUT2D eigenvalue weighted by Crippen LogP contribution is 2.38. The van der Waals surface area contributed by atoms with Crippen LogP contribution in [0.3, 0.4) is 0 Å². The van der Waals surface area contributed by atoms with Gasteiger partial charge in [0.05, 0.1) is 0 Å². The van der Waals surface area contributed by atoms with Gasteiger partial charge in [-0.15, -0.1) is 0 Å². The number of carbonyl (C=O) groups is 1. The van der Waals surface area contributed by atoms with E-state index in [1.54, 1.807) is 11.8 Å². The molecule has 1 unspecified atom stereocenters. The van der Waals surface area contributed by atoms with Crippen LogP contribution in [0.15, 0.2) is 0 Å². The molecule has 68 valence electrons. The molecule has 1 saturated carbocycles. The van der Waals surface area contributed by atoms with E-state index in [2.05, 4.69) is 0 Å². The van der Waals surface area contributed by atoms with Crippen LogP contribution in [0.4, 0.5) is 0 Å². The lowest BCUT2D eigenvalue weighted by atomic mass is 9.80. The number of rotatable bonds is 1. The monoisotopic (exact) mass is 184 g/mol. The van der Waals surface area contributed by atoms with Gasteiger partial charge >= 0.3 is 0 Å². The number of hydrogen-bond acceptors (Lipinski definition) is 2. The molecule has 12 heavy (non-hydrogen) atoms. The Labute approximate surface area is 78.3 Å². The number of thioether (sulfide) groups is 1. The summed E-state index contributed by atoms with van der Waals surface area (Å²) in [5, 5.41) is 0.436. The van der Waals surface area contributed by atoms with Crippen LogP contribution in [-0.4, -0.2) is 10.9 Å². The van der Waals surface area contributed by atoms with Crippen molar-refractivity contribution in [2.75, 3.05) is 5.75 Å². The Kier molecular flexibility index (Phi) is 2.74. The standard InChI is InChI=1S/C10H16OS/c11-10-6-9(7-12-10)8-4-2-1-3-5-8/h8-9H,1-7H2. The van der Waals surface area contributed by atoms with Gasteiger partial charge in [-0.25, -0.2) is 0 Å². The molecule has 1 saturated heterocycles. The van der Waals surface area contributed by atoms with E-state index < -0.39 is 0 Å². The Hall–Kier alpha value is 0.0200. The van der Waals surface area contributed by atoms with Gasteiger partial charge in [-0.2, -0.15) is 0 Å². The van der Waals surface area contributed by atoms with Crippen molar-refractivity contribution in [3.8, 4) is 0 Å². The van der Waals surface area contributed by atoms with E-state index in [1.165, 1.54) is 32.1 Å². The molecule has 0 aromatic heterocycles. The second kappa shape index (κ2) is 3.82. The second-order valence-corrected chi connectivity index (χ2v) is 5.12. The minimum Gasteiger partial charge on any atom is -0.287 e. The van der Waals surface area contributed by atoms with Crippen molar-refractivity contribution in [2.24, 2.45) is 11.8 Å². The molecular weight excluding hydrogens is 168 g/mol. The topological polar surface area (TPSA) is 17.1 Å². The predicted octanol–water partition coefficient (Wildman–Crippen LogP) is 2.85. The Morgan fingerprint density at radius 3 is 2.42 bits per heavy atom. The molecule has 2 heteroatoms. The maximum absolute atomic E-state index is 11.1. The van der Waals surface area contributed by atoms with Crippen molar-refractivity contribution in [1.29, 1.82) is 0 Å². The normalized spacial score (nSPS) is 32.7. The summed E-state index contributed by atoms with van der Waals surface area (Å²) in [6, 6.07) is 0. The van der Waals surface area contributed by atoms with E-state index in [-0.39, 0.29) is 0 Å². The summed E-state index contributed by atoms with van der Waals surface area (Å²) in [4.78, 5) is 11.1. The summed E-state index contributed by atoms with van der Waals surface area (Å²) in [6.07, 6.45) is 7.87. The van der Waals surface area contributed by atoms with Gasteiger partial charge in [0.2, 0.25) is 0 Å². The average Bonchev–Trinajstić information content (AvgIpc) is 2.54. The third-order valence-corrected chi connectivity index (χ3v) is 4.29. The average molecular weight is 184 g/mol. The summed E-state index contributed by atoms with van der Waals surface area (Å²) in [5.74, 6) is 2.74. The van der Waals surface area contributed by atoms with Gasteiger partial charge in [-0.1, -0.05) is 43.9 Å². The fraction of sp³-hybridized carbons (Fsp3) is 0.900. The lowest BCUT2D eigenvalue weighted by molar-refractivity contribution is -0.111. The van der Waals surface area contributed by atoms with Crippen LogP contribution < -0.4 is 0 Å². The fourth-order valence-electron chi connectivity index (χ4n) is 2.44. The Bertz CT molecular complexity index is 173. The molecule has 0 bridgehead atoms. The van der Waals surface area contributed by atoms with E-state index >= 15 is 0 Å². The lowest BCUT2D eigenvalue weighted by Gasteiger charge is -2.26. The molecule has 1 atom stereocenters. The quantitative estimate of drug-likeness (QED) is 0.623. The Balaban J connectivity index is 1.86. The first kappa shape index (κ1) is 8.61. The maximum atomic E-state index is 11.1. The summed E-state index contributed by atoms with van der Waals surface area (Å²) < 4.78 is 0. The maximum Gasteiger partial charge on any atom is 0.189 e. The van der Waals surface area contributed by atoms with Crippen molar-refractivity contribution < 1.29 is 4.79 Å². The fourth-order valence-corrected chi connectivity index (χ4v) is 3.56. The molecule has 0 amide bonds. The van der Waals surface area contributed by atoms with E-state index in [0.29, 0.717) is 5.12 Å². The van der Waals surface area contributed by atoms with Gasteiger partial charge in [-0.3, -0.25) is 4.79 Å². The molecule has 0 aromatic carbocycles. The van der Waals surface area contributed by atoms with Crippen LogP contribution in [0.2, 0.25) is 0 Å². The molecule has 0 N–H and O–H groups in total. The molecular formula is C10H16OS. The van der Waals surface area contributed by atoms with Crippen LogP contribution in [-0.2, 0) is 4.79 Å². The minimum absolute atomic E-state index is 0.436. The first-order chi connectivity index (χ1) is 5.86. The van der Waals surface area contributed by atoms with Crippen molar-refractivity contribution in [2.45, 2.75) is 38.5 Å². The van der Waals surface area contributed by atoms with Crippen molar-refractivity contribution in [1.82, 2.24) is 0 Å². The number of hydrogen-bond donors (Lipinski definition) is 0. The summed E-state index contributed by atoms with van der Waals surface area (Å²) in [6.45, 7) is 0. The van der Waals surface area contributed by atoms with Crippen LogP contribution in [0.1, 0.15) is 38.5 Å². The second-order valence-electron chi connectivity index (χ2n) is 4.05. The smallest absolute Gasteiger partial charge is 0.189 e. The van der Waals surface area contributed by atoms with E-state index in [4.69, 9.17) is 0 Å². The highest BCUT2D eigenvalue weighted by molar-refractivity contribution is 8.14. The van der Waals surface area contributed by atoms with Crippen LogP contribution >= 0.6 is 11.8 Å². The van der Waals surface area contributed by atoms with Crippen molar-refractivity contribution in [3.63, 3.8) is 0 Å². The van der Waals surface area contributed by atoms with Gasteiger partial charge < -0.3 is 0 Å². The first-order valence-electron chi connectivity index (χ1n) is 5.02. The highest BCUT2D eigenvalue weighted by Gasteiger charge is 2.30. The van der Waals surface area contributed by atoms with Crippen molar-refractivity contribution >= 4 is 16.9 Å². The van der Waals surface area contributed by atoms with Crippen LogP contribution in [0, 0.1) is 11.8 Å². The molecule has 1 aliphatic heterocycles. The van der Waals surface area contributed by atoms with Gasteiger partial charge in [0.15, 0.2) is 5.12 Å². The Morgan fingerprint density at radius 2 is 1.83 bits per heavy atom. The first-order valence-corrected chi connectivity index (χ1v) is 6.00. The summed E-state index contributed by atoms with van der Waals surface area (Å²) in [5.41, 5.74) is 0. The zero-order valence-electron chi connectivity index (χ0n) is 7.42. The van der Waals surface area contributed by atoms with Gasteiger partial charge in [-0.05, 0) is 11.8 Å². The summed E-state index contributed by atoms with van der Waals surface area (Å²) in [7, 11) is 0. The van der Waals surface area contributed by atoms with Crippen LogP contribution in [0.25, 0.3) is 0 Å². The van der Waals surface area contributed by atoms with Gasteiger partial charge in [0.1, 0.15) is 0 Å². The van der Waals surface area contributed by atoms with Gasteiger partial charge in [0, 0.05) is 12.2 Å². The molecule has 2 fully saturated rings. The molecule has 0 radical (unpaired) electrons. The zero-order chi connectivity index (χ0) is 8.39. The zero-order valence-corrected chi connectivity index (χ0v) is 8.24. The minimum atomic E-state index is 0.436. The van der Waals surface area contributed by atoms with E-state index in [9.17, 15) is 4.79 Å². The summed E-state index contributed by atoms with van der Waals surface area (Å²) >= 11 is 1.56. The molecule has 1 aliphatic carbocycles.